The summed E-state index contributed by atoms with van der Waals surface area (Å²) in [6, 6.07) is 10.0. The lowest BCUT2D eigenvalue weighted by Crippen LogP contribution is -2.37. The van der Waals surface area contributed by atoms with Crippen LogP contribution < -0.4 is 10.3 Å². The maximum absolute atomic E-state index is 13.1. The van der Waals surface area contributed by atoms with Crippen molar-refractivity contribution in [2.24, 2.45) is 0 Å². The summed E-state index contributed by atoms with van der Waals surface area (Å²) in [6.07, 6.45) is 0.304. The van der Waals surface area contributed by atoms with Crippen LogP contribution in [0.25, 0.3) is 16.7 Å². The Bertz CT molecular complexity index is 1500. The summed E-state index contributed by atoms with van der Waals surface area (Å²) >= 11 is 19.0. The van der Waals surface area contributed by atoms with Crippen LogP contribution in [0.1, 0.15) is 50.7 Å². The van der Waals surface area contributed by atoms with E-state index in [1.54, 1.807) is 36.4 Å². The Kier molecular flexibility index (Phi) is 7.05. The number of halogens is 3. The molecule has 11 heteroatoms. The highest BCUT2D eigenvalue weighted by Crippen LogP contribution is 2.34. The molecule has 0 radical (unpaired) electrons. The van der Waals surface area contributed by atoms with Gasteiger partial charge >= 0.3 is 5.97 Å². The van der Waals surface area contributed by atoms with E-state index < -0.39 is 11.6 Å². The summed E-state index contributed by atoms with van der Waals surface area (Å²) in [6.45, 7) is 6.81. The third-order valence-corrected chi connectivity index (χ3v) is 6.33. The molecule has 2 aromatic carbocycles. The largest absolute Gasteiger partial charge is 0.478 e. The first-order valence-electron chi connectivity index (χ1n) is 11.1. The van der Waals surface area contributed by atoms with Crippen molar-refractivity contribution in [3.63, 3.8) is 0 Å². The molecule has 0 unspecified atom stereocenters. The van der Waals surface area contributed by atoms with E-state index in [0.29, 0.717) is 45.4 Å². The van der Waals surface area contributed by atoms with Gasteiger partial charge in [0.2, 0.25) is 0 Å². The highest BCUT2D eigenvalue weighted by molar-refractivity contribution is 6.40. The van der Waals surface area contributed by atoms with Crippen molar-refractivity contribution in [1.82, 2.24) is 19.7 Å². The van der Waals surface area contributed by atoms with Crippen LogP contribution in [0.2, 0.25) is 15.1 Å². The molecule has 0 atom stereocenters. The van der Waals surface area contributed by atoms with Gasteiger partial charge < -0.3 is 14.8 Å². The van der Waals surface area contributed by atoms with Gasteiger partial charge in [0.05, 0.1) is 15.7 Å². The topological polar surface area (TPSA) is 110 Å². The standard InChI is InChI=1S/C25H23Cl3N4O4/c1-12(2)20-19-22(32(31-20)21-16(27)10-14(26)11-17(21)28)29-18(30-23(19)33)9-13-5-7-15(8-6-13)36-25(3,4)24(34)35/h5-8,10-12H,9H2,1-4H3,(H,34,35)(H,29,30,33). The summed E-state index contributed by atoms with van der Waals surface area (Å²) < 4.78 is 7.03. The molecule has 4 rings (SSSR count). The van der Waals surface area contributed by atoms with Gasteiger partial charge in [0, 0.05) is 11.4 Å². The highest BCUT2D eigenvalue weighted by atomic mass is 35.5. The number of H-pyrrole nitrogens is 1. The number of nitrogens with one attached hydrogen (secondary N) is 1. The molecule has 2 N–H and O–H groups in total. The van der Waals surface area contributed by atoms with Gasteiger partial charge in [0.15, 0.2) is 11.2 Å². The number of rotatable bonds is 7. The Hall–Kier alpha value is -3.07. The summed E-state index contributed by atoms with van der Waals surface area (Å²) in [4.78, 5) is 32.0. The minimum atomic E-state index is -1.36. The number of nitrogens with zero attached hydrogens (tertiary/aromatic N) is 3. The molecule has 188 valence electrons. The van der Waals surface area contributed by atoms with Gasteiger partial charge in [-0.05, 0) is 49.6 Å². The van der Waals surface area contributed by atoms with E-state index in [1.165, 1.54) is 18.5 Å². The second-order valence-electron chi connectivity index (χ2n) is 9.12. The van der Waals surface area contributed by atoms with Gasteiger partial charge in [-0.2, -0.15) is 5.10 Å². The van der Waals surface area contributed by atoms with Crippen LogP contribution in [0.15, 0.2) is 41.2 Å². The van der Waals surface area contributed by atoms with Crippen molar-refractivity contribution in [2.75, 3.05) is 0 Å². The number of aliphatic carboxylic acids is 1. The van der Waals surface area contributed by atoms with Crippen LogP contribution in [0.3, 0.4) is 0 Å². The zero-order valence-corrected chi connectivity index (χ0v) is 22.2. The summed E-state index contributed by atoms with van der Waals surface area (Å²) in [7, 11) is 0. The third kappa shape index (κ3) is 5.07. The van der Waals surface area contributed by atoms with E-state index in [-0.39, 0.29) is 21.5 Å². The number of aromatic nitrogens is 4. The SMILES string of the molecule is CC(C)c1nn(-c2c(Cl)cc(Cl)cc2Cl)c2nc(Cc3ccc(OC(C)(C)C(=O)O)cc3)[nH]c(=O)c12. The van der Waals surface area contributed by atoms with E-state index in [2.05, 4.69) is 10.1 Å². The van der Waals surface area contributed by atoms with Crippen LogP contribution in [0.4, 0.5) is 0 Å². The van der Waals surface area contributed by atoms with Gasteiger partial charge in [0.1, 0.15) is 22.6 Å². The van der Waals surface area contributed by atoms with Crippen LogP contribution in [0.5, 0.6) is 5.75 Å². The summed E-state index contributed by atoms with van der Waals surface area (Å²) in [5.41, 5.74) is 0.411. The predicted octanol–water partition coefficient (Wildman–Crippen LogP) is 6.03. The first-order chi connectivity index (χ1) is 16.9. The maximum atomic E-state index is 13.1. The van der Waals surface area contributed by atoms with E-state index in [9.17, 15) is 14.7 Å². The van der Waals surface area contributed by atoms with E-state index >= 15 is 0 Å². The molecule has 0 saturated carbocycles. The highest BCUT2D eigenvalue weighted by Gasteiger charge is 2.29. The predicted molar refractivity (Wildman–Crippen MR) is 140 cm³/mol. The molecule has 2 heterocycles. The monoisotopic (exact) mass is 548 g/mol. The normalized spacial score (nSPS) is 11.9. The van der Waals surface area contributed by atoms with Crippen LogP contribution in [0, 0.1) is 0 Å². The molecule has 0 aliphatic carbocycles. The third-order valence-electron chi connectivity index (χ3n) is 5.54. The number of ether oxygens (including phenoxy) is 1. The Morgan fingerprint density at radius 2 is 1.75 bits per heavy atom. The number of carboxylic acid groups (broad SMARTS) is 1. The molecular formula is C25H23Cl3N4O4. The second kappa shape index (κ2) is 9.76. The van der Waals surface area contributed by atoms with Gasteiger partial charge in [-0.1, -0.05) is 60.8 Å². The average molecular weight is 550 g/mol. The van der Waals surface area contributed by atoms with Crippen molar-refractivity contribution in [3.8, 4) is 11.4 Å². The molecular weight excluding hydrogens is 527 g/mol. The molecule has 2 aromatic heterocycles. The van der Waals surface area contributed by atoms with Crippen molar-refractivity contribution >= 4 is 51.8 Å². The van der Waals surface area contributed by atoms with Crippen molar-refractivity contribution in [1.29, 1.82) is 0 Å². The lowest BCUT2D eigenvalue weighted by molar-refractivity contribution is -0.152. The molecule has 0 saturated heterocycles. The van der Waals surface area contributed by atoms with Gasteiger partial charge in [-0.15, -0.1) is 0 Å². The quantitative estimate of drug-likeness (QED) is 0.291. The molecule has 0 spiro atoms. The Morgan fingerprint density at radius 1 is 1.14 bits per heavy atom. The lowest BCUT2D eigenvalue weighted by Gasteiger charge is -2.21. The minimum Gasteiger partial charge on any atom is -0.478 e. The molecule has 0 aliphatic rings. The Morgan fingerprint density at radius 3 is 2.31 bits per heavy atom. The maximum Gasteiger partial charge on any atom is 0.347 e. The van der Waals surface area contributed by atoms with Gasteiger partial charge in [-0.25, -0.2) is 14.5 Å². The lowest BCUT2D eigenvalue weighted by atomic mass is 10.1. The number of benzene rings is 2. The van der Waals surface area contributed by atoms with E-state index in [4.69, 9.17) is 44.5 Å². The van der Waals surface area contributed by atoms with Gasteiger partial charge in [-0.3, -0.25) is 4.79 Å². The molecule has 0 fully saturated rings. The van der Waals surface area contributed by atoms with Crippen molar-refractivity contribution in [3.05, 3.63) is 78.9 Å². The summed E-state index contributed by atoms with van der Waals surface area (Å²) in [5, 5.41) is 15.2. The Balaban J connectivity index is 1.76. The first-order valence-corrected chi connectivity index (χ1v) is 12.2. The van der Waals surface area contributed by atoms with Crippen LogP contribution in [-0.4, -0.2) is 36.4 Å². The minimum absolute atomic E-state index is 0.0602. The molecule has 0 bridgehead atoms. The molecule has 8 nitrogen and oxygen atoms in total. The fourth-order valence-electron chi connectivity index (χ4n) is 3.68. The number of carboxylic acids is 1. The number of fused-ring (bicyclic) bond motifs is 1. The zero-order valence-electron chi connectivity index (χ0n) is 19.9. The Labute approximate surface area is 221 Å². The fourth-order valence-corrected chi connectivity index (χ4v) is 4.66. The van der Waals surface area contributed by atoms with E-state index in [1.807, 2.05) is 13.8 Å². The van der Waals surface area contributed by atoms with Gasteiger partial charge in [0.25, 0.3) is 5.56 Å². The smallest absolute Gasteiger partial charge is 0.347 e. The molecule has 0 aliphatic heterocycles. The number of carbonyl (C=O) groups is 1. The average Bonchev–Trinajstić information content (AvgIpc) is 3.14. The number of hydrogen-bond acceptors (Lipinski definition) is 5. The van der Waals surface area contributed by atoms with Crippen molar-refractivity contribution < 1.29 is 14.6 Å². The first kappa shape index (κ1) is 26.0. The van der Waals surface area contributed by atoms with Crippen LogP contribution >= 0.6 is 34.8 Å². The van der Waals surface area contributed by atoms with Crippen LogP contribution in [-0.2, 0) is 11.2 Å². The number of hydrogen-bond donors (Lipinski definition) is 2. The fraction of sp³-hybridized carbons (Fsp3) is 0.280. The summed E-state index contributed by atoms with van der Waals surface area (Å²) in [5.74, 6) is -0.311. The molecule has 4 aromatic rings. The van der Waals surface area contributed by atoms with Crippen molar-refractivity contribution in [2.45, 2.75) is 45.6 Å². The zero-order chi connectivity index (χ0) is 26.4. The second-order valence-corrected chi connectivity index (χ2v) is 10.4. The molecule has 0 amide bonds. The van der Waals surface area contributed by atoms with E-state index in [0.717, 1.165) is 5.56 Å². The molecule has 36 heavy (non-hydrogen) atoms. The number of aromatic amines is 1.